The fourth-order valence-corrected chi connectivity index (χ4v) is 1.32. The van der Waals surface area contributed by atoms with Gasteiger partial charge in [0.2, 0.25) is 0 Å². The van der Waals surface area contributed by atoms with Crippen LogP contribution in [0.3, 0.4) is 0 Å². The minimum Gasteiger partial charge on any atom is -0.329 e. The molecule has 1 fully saturated rings. The number of rotatable bonds is 2. The molecule has 0 saturated carbocycles. The molecule has 2 nitrogen and oxygen atoms in total. The smallest absolute Gasteiger partial charge is 0.323 e. The van der Waals surface area contributed by atoms with Gasteiger partial charge in [-0.1, -0.05) is 0 Å². The van der Waals surface area contributed by atoms with E-state index in [2.05, 4.69) is 0 Å². The first-order valence-corrected chi connectivity index (χ1v) is 4.33. The zero-order valence-electron chi connectivity index (χ0n) is 8.16. The fourth-order valence-electron chi connectivity index (χ4n) is 1.32. The predicted octanol–water partition coefficient (Wildman–Crippen LogP) is 1.31. The van der Waals surface area contributed by atoms with Gasteiger partial charge in [-0.05, 0) is 13.8 Å². The maximum absolute atomic E-state index is 12.8. The molecule has 0 bridgehead atoms. The van der Waals surface area contributed by atoms with Gasteiger partial charge >= 0.3 is 11.8 Å². The Balaban J connectivity index is 2.83. The second kappa shape index (κ2) is 3.06. The average molecular weight is 214 g/mol. The summed E-state index contributed by atoms with van der Waals surface area (Å²) in [6.45, 7) is 1.36. The van der Waals surface area contributed by atoms with E-state index < -0.39 is 30.5 Å². The van der Waals surface area contributed by atoms with Crippen LogP contribution in [0.15, 0.2) is 0 Å². The van der Waals surface area contributed by atoms with Crippen molar-refractivity contribution >= 4 is 0 Å². The van der Waals surface area contributed by atoms with Crippen LogP contribution in [0.4, 0.5) is 17.6 Å². The minimum atomic E-state index is -3.94. The van der Waals surface area contributed by atoms with Gasteiger partial charge < -0.3 is 5.73 Å². The first kappa shape index (κ1) is 11.7. The summed E-state index contributed by atoms with van der Waals surface area (Å²) in [4.78, 5) is 1.03. The highest BCUT2D eigenvalue weighted by Crippen LogP contribution is 2.43. The molecule has 0 unspecified atom stereocenters. The van der Waals surface area contributed by atoms with Gasteiger partial charge in [-0.25, -0.2) is 0 Å². The number of nitrogens with zero attached hydrogens (tertiary/aromatic N) is 1. The summed E-state index contributed by atoms with van der Waals surface area (Å²) in [5.41, 5.74) is 4.52. The Kier molecular flexibility index (Phi) is 2.56. The van der Waals surface area contributed by atoms with Crippen LogP contribution in [0.5, 0.6) is 0 Å². The van der Waals surface area contributed by atoms with Crippen LogP contribution >= 0.6 is 0 Å². The Bertz CT molecular complexity index is 211. The van der Waals surface area contributed by atoms with Crippen LogP contribution in [0.2, 0.25) is 0 Å². The molecule has 0 spiro atoms. The quantitative estimate of drug-likeness (QED) is 0.702. The van der Waals surface area contributed by atoms with E-state index in [-0.39, 0.29) is 6.54 Å². The van der Waals surface area contributed by atoms with Gasteiger partial charge in [0.15, 0.2) is 0 Å². The maximum Gasteiger partial charge on any atom is 0.323 e. The lowest BCUT2D eigenvalue weighted by atomic mass is 10.0. The molecule has 84 valence electrons. The Morgan fingerprint density at radius 1 is 1.14 bits per heavy atom. The molecule has 1 heterocycles. The van der Waals surface area contributed by atoms with Crippen molar-refractivity contribution in [1.29, 1.82) is 0 Å². The monoisotopic (exact) mass is 214 g/mol. The van der Waals surface area contributed by atoms with Gasteiger partial charge in [0.25, 0.3) is 0 Å². The van der Waals surface area contributed by atoms with Gasteiger partial charge in [-0.2, -0.15) is 17.6 Å². The van der Waals surface area contributed by atoms with Crippen molar-refractivity contribution in [2.24, 2.45) is 5.73 Å². The number of halogens is 4. The summed E-state index contributed by atoms with van der Waals surface area (Å²) in [5.74, 6) is -7.89. The molecule has 0 aromatic heterocycles. The lowest BCUT2D eigenvalue weighted by molar-refractivity contribution is -0.172. The van der Waals surface area contributed by atoms with Crippen molar-refractivity contribution in [3.8, 4) is 0 Å². The van der Waals surface area contributed by atoms with E-state index in [1.54, 1.807) is 13.8 Å². The van der Waals surface area contributed by atoms with E-state index in [4.69, 9.17) is 5.73 Å². The van der Waals surface area contributed by atoms with E-state index in [0.717, 1.165) is 4.90 Å². The SMILES string of the molecule is CC(C)(CN)N1CC(F)(F)C(F)(F)C1. The largest absolute Gasteiger partial charge is 0.329 e. The van der Waals surface area contributed by atoms with E-state index in [9.17, 15) is 17.6 Å². The number of likely N-dealkylation sites (tertiary alicyclic amines) is 1. The normalized spacial score (nSPS) is 26.8. The van der Waals surface area contributed by atoms with Gasteiger partial charge in [0.05, 0.1) is 13.1 Å². The Morgan fingerprint density at radius 2 is 1.50 bits per heavy atom. The minimum absolute atomic E-state index is 0.0686. The zero-order valence-corrected chi connectivity index (χ0v) is 8.16. The molecule has 0 aliphatic carbocycles. The van der Waals surface area contributed by atoms with E-state index >= 15 is 0 Å². The first-order chi connectivity index (χ1) is 6.12. The highest BCUT2D eigenvalue weighted by atomic mass is 19.3. The van der Waals surface area contributed by atoms with Crippen molar-refractivity contribution in [2.45, 2.75) is 31.2 Å². The summed E-state index contributed by atoms with van der Waals surface area (Å²) in [6.07, 6.45) is 0. The highest BCUT2D eigenvalue weighted by molar-refractivity contribution is 5.01. The van der Waals surface area contributed by atoms with Crippen LogP contribution in [0.1, 0.15) is 13.8 Å². The summed E-state index contributed by atoms with van der Waals surface area (Å²) < 4.78 is 51.2. The summed E-state index contributed by atoms with van der Waals surface area (Å²) in [5, 5.41) is 0. The van der Waals surface area contributed by atoms with Gasteiger partial charge in [0.1, 0.15) is 0 Å². The molecule has 0 amide bonds. The standard InChI is InChI=1S/C8H14F4N2/c1-6(2,3-13)14-4-7(9,10)8(11,12)5-14/h3-5,13H2,1-2H3. The van der Waals surface area contributed by atoms with E-state index in [1.165, 1.54) is 0 Å². The number of alkyl halides is 4. The Morgan fingerprint density at radius 3 is 1.79 bits per heavy atom. The first-order valence-electron chi connectivity index (χ1n) is 4.33. The molecule has 0 aromatic rings. The molecule has 1 aliphatic heterocycles. The van der Waals surface area contributed by atoms with E-state index in [0.29, 0.717) is 0 Å². The van der Waals surface area contributed by atoms with Gasteiger partial charge in [0, 0.05) is 12.1 Å². The van der Waals surface area contributed by atoms with Crippen molar-refractivity contribution < 1.29 is 17.6 Å². The third-order valence-corrected chi connectivity index (χ3v) is 2.67. The van der Waals surface area contributed by atoms with Crippen molar-refractivity contribution in [3.63, 3.8) is 0 Å². The topological polar surface area (TPSA) is 29.3 Å². The Hall–Kier alpha value is -0.360. The molecule has 0 aromatic carbocycles. The molecule has 2 N–H and O–H groups in total. The van der Waals surface area contributed by atoms with Gasteiger partial charge in [-0.3, -0.25) is 4.90 Å². The van der Waals surface area contributed by atoms with Crippen LogP contribution in [-0.4, -0.2) is 41.9 Å². The summed E-state index contributed by atoms with van der Waals surface area (Å²) in [7, 11) is 0. The van der Waals surface area contributed by atoms with Crippen LogP contribution in [0.25, 0.3) is 0 Å². The molecular formula is C8H14F4N2. The van der Waals surface area contributed by atoms with Crippen molar-refractivity contribution in [1.82, 2.24) is 4.90 Å². The van der Waals surface area contributed by atoms with Crippen molar-refractivity contribution in [2.75, 3.05) is 19.6 Å². The number of nitrogens with two attached hydrogens (primary N) is 1. The third kappa shape index (κ3) is 1.72. The second-order valence-electron chi connectivity index (χ2n) is 4.28. The highest BCUT2D eigenvalue weighted by Gasteiger charge is 2.64. The second-order valence-corrected chi connectivity index (χ2v) is 4.28. The summed E-state index contributed by atoms with van der Waals surface area (Å²) in [6, 6.07) is 0. The lowest BCUT2D eigenvalue weighted by Crippen LogP contribution is -2.49. The molecule has 1 aliphatic rings. The fraction of sp³-hybridized carbons (Fsp3) is 1.00. The van der Waals surface area contributed by atoms with Crippen LogP contribution in [0, 0.1) is 0 Å². The summed E-state index contributed by atoms with van der Waals surface area (Å²) >= 11 is 0. The van der Waals surface area contributed by atoms with Crippen LogP contribution in [-0.2, 0) is 0 Å². The number of hydrogen-bond donors (Lipinski definition) is 1. The molecule has 0 radical (unpaired) electrons. The third-order valence-electron chi connectivity index (χ3n) is 2.67. The van der Waals surface area contributed by atoms with Crippen LogP contribution < -0.4 is 5.73 Å². The molecule has 0 atom stereocenters. The zero-order chi connectivity index (χ0) is 11.2. The molecule has 1 saturated heterocycles. The molecule has 14 heavy (non-hydrogen) atoms. The molecule has 1 rings (SSSR count). The van der Waals surface area contributed by atoms with Crippen molar-refractivity contribution in [3.05, 3.63) is 0 Å². The average Bonchev–Trinajstić information content (AvgIpc) is 2.22. The predicted molar refractivity (Wildman–Crippen MR) is 44.6 cm³/mol. The number of hydrogen-bond acceptors (Lipinski definition) is 2. The molecular weight excluding hydrogens is 200 g/mol. The molecule has 6 heteroatoms. The Labute approximate surface area is 80.0 Å². The van der Waals surface area contributed by atoms with E-state index in [1.807, 2.05) is 0 Å². The van der Waals surface area contributed by atoms with Gasteiger partial charge in [-0.15, -0.1) is 0 Å². The maximum atomic E-state index is 12.8. The lowest BCUT2D eigenvalue weighted by Gasteiger charge is -2.33.